The van der Waals surface area contributed by atoms with Gasteiger partial charge in [-0.1, -0.05) is 27.2 Å². The molecule has 0 spiro atoms. The van der Waals surface area contributed by atoms with Gasteiger partial charge in [0.1, 0.15) is 0 Å². The van der Waals surface area contributed by atoms with Gasteiger partial charge in [0.15, 0.2) is 0 Å². The van der Waals surface area contributed by atoms with Gasteiger partial charge in [-0.05, 0) is 18.3 Å². The van der Waals surface area contributed by atoms with Crippen molar-refractivity contribution < 1.29 is 9.90 Å². The lowest BCUT2D eigenvalue weighted by molar-refractivity contribution is -0.123. The Kier molecular flexibility index (Phi) is 7.34. The SMILES string of the molecule is CCC(C)[C@H](N)C(=O)NCC(C)CCO. The second kappa shape index (κ2) is 7.65. The highest BCUT2D eigenvalue weighted by atomic mass is 16.3. The maximum atomic E-state index is 11.6. The van der Waals surface area contributed by atoms with Crippen LogP contribution in [0.25, 0.3) is 0 Å². The van der Waals surface area contributed by atoms with Crippen molar-refractivity contribution in [3.63, 3.8) is 0 Å². The van der Waals surface area contributed by atoms with Crippen molar-refractivity contribution in [1.29, 1.82) is 0 Å². The molecule has 3 atom stereocenters. The van der Waals surface area contributed by atoms with Crippen LogP contribution >= 0.6 is 0 Å². The molecule has 4 heteroatoms. The number of hydrogen-bond donors (Lipinski definition) is 3. The van der Waals surface area contributed by atoms with Crippen LogP contribution in [-0.4, -0.2) is 30.2 Å². The van der Waals surface area contributed by atoms with Gasteiger partial charge in [-0.3, -0.25) is 4.79 Å². The number of aliphatic hydroxyl groups is 1. The van der Waals surface area contributed by atoms with E-state index in [1.54, 1.807) is 0 Å². The molecule has 4 N–H and O–H groups in total. The highest BCUT2D eigenvalue weighted by Crippen LogP contribution is 2.05. The number of nitrogens with one attached hydrogen (secondary N) is 1. The Hall–Kier alpha value is -0.610. The van der Waals surface area contributed by atoms with Crippen molar-refractivity contribution in [2.75, 3.05) is 13.2 Å². The molecule has 0 aliphatic rings. The molecule has 0 aromatic carbocycles. The topological polar surface area (TPSA) is 75.4 Å². The van der Waals surface area contributed by atoms with Gasteiger partial charge < -0.3 is 16.2 Å². The van der Waals surface area contributed by atoms with E-state index in [0.717, 1.165) is 6.42 Å². The number of rotatable bonds is 7. The number of amides is 1. The zero-order valence-electron chi connectivity index (χ0n) is 9.99. The first-order chi connectivity index (χ1) is 7.02. The van der Waals surface area contributed by atoms with Gasteiger partial charge in [0.05, 0.1) is 6.04 Å². The Labute approximate surface area is 92.2 Å². The van der Waals surface area contributed by atoms with Crippen LogP contribution in [0.1, 0.15) is 33.6 Å². The van der Waals surface area contributed by atoms with E-state index in [-0.39, 0.29) is 18.4 Å². The van der Waals surface area contributed by atoms with Crippen LogP contribution in [0.2, 0.25) is 0 Å². The van der Waals surface area contributed by atoms with Crippen molar-refractivity contribution in [3.05, 3.63) is 0 Å². The fourth-order valence-electron chi connectivity index (χ4n) is 1.23. The Morgan fingerprint density at radius 3 is 2.53 bits per heavy atom. The Morgan fingerprint density at radius 1 is 1.47 bits per heavy atom. The summed E-state index contributed by atoms with van der Waals surface area (Å²) in [6.07, 6.45) is 1.61. The molecular formula is C11H24N2O2. The highest BCUT2D eigenvalue weighted by molar-refractivity contribution is 5.81. The van der Waals surface area contributed by atoms with Crippen LogP contribution in [0.5, 0.6) is 0 Å². The van der Waals surface area contributed by atoms with Gasteiger partial charge in [-0.2, -0.15) is 0 Å². The zero-order chi connectivity index (χ0) is 11.8. The normalized spacial score (nSPS) is 16.9. The molecule has 90 valence electrons. The quantitative estimate of drug-likeness (QED) is 0.580. The van der Waals surface area contributed by atoms with Crippen molar-refractivity contribution >= 4 is 5.91 Å². The molecule has 15 heavy (non-hydrogen) atoms. The third-order valence-electron chi connectivity index (χ3n) is 2.81. The Balaban J connectivity index is 3.82. The van der Waals surface area contributed by atoms with Gasteiger partial charge in [0, 0.05) is 13.2 Å². The largest absolute Gasteiger partial charge is 0.396 e. The number of carbonyl (C=O) groups is 1. The summed E-state index contributed by atoms with van der Waals surface area (Å²) in [5, 5.41) is 11.5. The Morgan fingerprint density at radius 2 is 2.07 bits per heavy atom. The summed E-state index contributed by atoms with van der Waals surface area (Å²) in [5.41, 5.74) is 5.77. The average molecular weight is 216 g/mol. The number of nitrogens with two attached hydrogens (primary N) is 1. The molecule has 0 fully saturated rings. The van der Waals surface area contributed by atoms with E-state index in [1.165, 1.54) is 0 Å². The van der Waals surface area contributed by atoms with Crippen molar-refractivity contribution in [2.45, 2.75) is 39.7 Å². The van der Waals surface area contributed by atoms with Crippen molar-refractivity contribution in [2.24, 2.45) is 17.6 Å². The van der Waals surface area contributed by atoms with E-state index in [4.69, 9.17) is 10.8 Å². The molecule has 0 saturated heterocycles. The van der Waals surface area contributed by atoms with Gasteiger partial charge in [0.2, 0.25) is 5.91 Å². The van der Waals surface area contributed by atoms with Crippen LogP contribution in [0.3, 0.4) is 0 Å². The molecule has 0 heterocycles. The van der Waals surface area contributed by atoms with Gasteiger partial charge >= 0.3 is 0 Å². The monoisotopic (exact) mass is 216 g/mol. The molecule has 0 radical (unpaired) electrons. The van der Waals surface area contributed by atoms with Crippen LogP contribution in [-0.2, 0) is 4.79 Å². The lowest BCUT2D eigenvalue weighted by atomic mass is 9.99. The molecule has 0 aliphatic carbocycles. The lowest BCUT2D eigenvalue weighted by Gasteiger charge is -2.19. The second-order valence-electron chi connectivity index (χ2n) is 4.27. The molecule has 0 aliphatic heterocycles. The van der Waals surface area contributed by atoms with E-state index in [9.17, 15) is 4.79 Å². The maximum Gasteiger partial charge on any atom is 0.237 e. The van der Waals surface area contributed by atoms with Crippen molar-refractivity contribution in [3.8, 4) is 0 Å². The number of aliphatic hydroxyl groups excluding tert-OH is 1. The molecule has 0 aromatic rings. The third-order valence-corrected chi connectivity index (χ3v) is 2.81. The smallest absolute Gasteiger partial charge is 0.237 e. The molecule has 0 bridgehead atoms. The minimum absolute atomic E-state index is 0.0888. The molecule has 2 unspecified atom stereocenters. The van der Waals surface area contributed by atoms with E-state index < -0.39 is 6.04 Å². The molecule has 0 aromatic heterocycles. The Bertz CT molecular complexity index is 185. The first-order valence-electron chi connectivity index (χ1n) is 5.67. The summed E-state index contributed by atoms with van der Waals surface area (Å²) in [7, 11) is 0. The molecule has 0 rings (SSSR count). The van der Waals surface area contributed by atoms with Crippen LogP contribution in [0.4, 0.5) is 0 Å². The highest BCUT2D eigenvalue weighted by Gasteiger charge is 2.19. The van der Waals surface area contributed by atoms with Crippen LogP contribution in [0, 0.1) is 11.8 Å². The maximum absolute atomic E-state index is 11.6. The van der Waals surface area contributed by atoms with Crippen LogP contribution in [0.15, 0.2) is 0 Å². The predicted octanol–water partition coefficient (Wildman–Crippen LogP) is 0.495. The van der Waals surface area contributed by atoms with Gasteiger partial charge in [-0.25, -0.2) is 0 Å². The standard InChI is InChI=1S/C11H24N2O2/c1-4-9(3)10(12)11(15)13-7-8(2)5-6-14/h8-10,14H,4-7,12H2,1-3H3,(H,13,15)/t8?,9?,10-/m0/s1. The summed E-state index contributed by atoms with van der Waals surface area (Å²) >= 11 is 0. The molecule has 1 amide bonds. The van der Waals surface area contributed by atoms with E-state index in [1.807, 2.05) is 20.8 Å². The van der Waals surface area contributed by atoms with E-state index >= 15 is 0 Å². The minimum Gasteiger partial charge on any atom is -0.396 e. The number of carbonyl (C=O) groups excluding carboxylic acids is 1. The number of hydrogen-bond acceptors (Lipinski definition) is 3. The fraction of sp³-hybridized carbons (Fsp3) is 0.909. The molecule has 4 nitrogen and oxygen atoms in total. The zero-order valence-corrected chi connectivity index (χ0v) is 9.99. The fourth-order valence-corrected chi connectivity index (χ4v) is 1.23. The summed E-state index contributed by atoms with van der Waals surface area (Å²) in [6, 6.07) is -0.420. The molecular weight excluding hydrogens is 192 g/mol. The summed E-state index contributed by atoms with van der Waals surface area (Å²) in [6.45, 7) is 6.73. The van der Waals surface area contributed by atoms with Crippen molar-refractivity contribution in [1.82, 2.24) is 5.32 Å². The third kappa shape index (κ3) is 5.74. The minimum atomic E-state index is -0.420. The molecule has 0 saturated carbocycles. The summed E-state index contributed by atoms with van der Waals surface area (Å²) in [4.78, 5) is 11.6. The summed E-state index contributed by atoms with van der Waals surface area (Å²) < 4.78 is 0. The lowest BCUT2D eigenvalue weighted by Crippen LogP contribution is -2.45. The predicted molar refractivity (Wildman–Crippen MR) is 61.3 cm³/mol. The summed E-state index contributed by atoms with van der Waals surface area (Å²) in [5.74, 6) is 0.412. The van der Waals surface area contributed by atoms with Gasteiger partial charge in [-0.15, -0.1) is 0 Å². The average Bonchev–Trinajstić information content (AvgIpc) is 2.24. The van der Waals surface area contributed by atoms with Crippen LogP contribution < -0.4 is 11.1 Å². The first-order valence-corrected chi connectivity index (χ1v) is 5.67. The first kappa shape index (κ1) is 14.4. The van der Waals surface area contributed by atoms with E-state index in [0.29, 0.717) is 18.9 Å². The second-order valence-corrected chi connectivity index (χ2v) is 4.27. The van der Waals surface area contributed by atoms with E-state index in [2.05, 4.69) is 5.32 Å². The van der Waals surface area contributed by atoms with Gasteiger partial charge in [0.25, 0.3) is 0 Å².